The summed E-state index contributed by atoms with van der Waals surface area (Å²) in [5.41, 5.74) is 12.8. The second kappa shape index (κ2) is 9.94. The largest absolute Gasteiger partial charge is 0.398 e. The number of aromatic nitrogens is 2. The first-order valence-corrected chi connectivity index (χ1v) is 11.8. The van der Waals surface area contributed by atoms with Crippen LogP contribution in [0.25, 0.3) is 23.3 Å². The average Bonchev–Trinajstić information content (AvgIpc) is 3.37. The highest BCUT2D eigenvalue weighted by molar-refractivity contribution is 6.03. The molecule has 4 N–H and O–H groups in total. The van der Waals surface area contributed by atoms with Crippen LogP contribution in [0.15, 0.2) is 85.2 Å². The van der Waals surface area contributed by atoms with Crippen LogP contribution in [0.4, 0.5) is 10.1 Å². The molecule has 1 aliphatic carbocycles. The lowest BCUT2D eigenvalue weighted by Gasteiger charge is -2.31. The van der Waals surface area contributed by atoms with E-state index in [9.17, 15) is 4.39 Å². The fourth-order valence-electron chi connectivity index (χ4n) is 4.58. The predicted molar refractivity (Wildman–Crippen MR) is 142 cm³/mol. The summed E-state index contributed by atoms with van der Waals surface area (Å²) in [6.45, 7) is 0. The van der Waals surface area contributed by atoms with Crippen molar-refractivity contribution in [3.05, 3.63) is 119 Å². The number of nitrogens with zero attached hydrogens (tertiary/aromatic N) is 1. The normalized spacial score (nSPS) is 14.5. The Kier molecular flexibility index (Phi) is 6.40. The number of imidazole rings is 1. The van der Waals surface area contributed by atoms with E-state index in [0.717, 1.165) is 40.9 Å². The van der Waals surface area contributed by atoms with Gasteiger partial charge in [-0.05, 0) is 70.4 Å². The quantitative estimate of drug-likeness (QED) is 0.154. The molecule has 0 radical (unpaired) electrons. The van der Waals surface area contributed by atoms with Gasteiger partial charge in [-0.25, -0.2) is 4.98 Å². The molecule has 0 bridgehead atoms. The first-order valence-electron chi connectivity index (χ1n) is 11.8. The van der Waals surface area contributed by atoms with Gasteiger partial charge in [-0.15, -0.1) is 0 Å². The van der Waals surface area contributed by atoms with E-state index in [2.05, 4.69) is 58.5 Å². The summed E-state index contributed by atoms with van der Waals surface area (Å²) in [5, 5.41) is 7.58. The molecule has 4 nitrogen and oxygen atoms in total. The molecule has 0 atom stereocenters. The molecule has 0 unspecified atom stereocenters. The number of aromatic amines is 1. The van der Waals surface area contributed by atoms with E-state index in [-0.39, 0.29) is 11.3 Å². The molecular formula is C30H27FN4. The van der Waals surface area contributed by atoms with Crippen molar-refractivity contribution in [2.45, 2.75) is 19.3 Å². The van der Waals surface area contributed by atoms with Crippen molar-refractivity contribution < 1.29 is 4.39 Å². The third-order valence-electron chi connectivity index (χ3n) is 6.60. The van der Waals surface area contributed by atoms with Crippen LogP contribution in [0, 0.1) is 11.3 Å². The van der Waals surface area contributed by atoms with Gasteiger partial charge in [0.25, 0.3) is 0 Å². The highest BCUT2D eigenvalue weighted by Crippen LogP contribution is 2.45. The monoisotopic (exact) mass is 462 g/mol. The summed E-state index contributed by atoms with van der Waals surface area (Å²) in [5.74, 6) is 0.206. The van der Waals surface area contributed by atoms with Crippen LogP contribution in [0.2, 0.25) is 0 Å². The van der Waals surface area contributed by atoms with Crippen LogP contribution in [0.3, 0.4) is 0 Å². The third kappa shape index (κ3) is 4.85. The molecular weight excluding hydrogens is 435 g/mol. The lowest BCUT2D eigenvalue weighted by Crippen LogP contribution is -2.15. The lowest BCUT2D eigenvalue weighted by molar-refractivity contribution is 0.401. The summed E-state index contributed by atoms with van der Waals surface area (Å²) < 4.78 is 14.0. The maximum atomic E-state index is 14.0. The molecule has 0 aliphatic heterocycles. The van der Waals surface area contributed by atoms with Gasteiger partial charge in [-0.3, -0.25) is 5.41 Å². The molecule has 174 valence electrons. The first kappa shape index (κ1) is 22.5. The van der Waals surface area contributed by atoms with Crippen LogP contribution in [0.1, 0.15) is 52.9 Å². The minimum atomic E-state index is -1.02. The summed E-state index contributed by atoms with van der Waals surface area (Å²) in [6.07, 6.45) is 10.9. The van der Waals surface area contributed by atoms with Crippen LogP contribution in [-0.4, -0.2) is 15.9 Å². The smallest absolute Gasteiger partial charge is 0.214 e. The number of anilines is 1. The van der Waals surface area contributed by atoms with Crippen molar-refractivity contribution in [3.8, 4) is 0 Å². The Bertz CT molecular complexity index is 1380. The molecule has 0 saturated heterocycles. The number of benzene rings is 3. The number of hydrogen-bond acceptors (Lipinski definition) is 3. The van der Waals surface area contributed by atoms with E-state index < -0.39 is 5.97 Å². The minimum absolute atomic E-state index is 0.124. The minimum Gasteiger partial charge on any atom is -0.398 e. The Morgan fingerprint density at radius 2 is 1.69 bits per heavy atom. The number of nitrogens with two attached hydrogens (primary N) is 1. The Hall–Kier alpha value is -4.25. The van der Waals surface area contributed by atoms with Crippen molar-refractivity contribution >= 4 is 35.0 Å². The van der Waals surface area contributed by atoms with Crippen LogP contribution >= 0.6 is 0 Å². The maximum Gasteiger partial charge on any atom is 0.214 e. The number of nitrogen functional groups attached to an aromatic ring is 1. The van der Waals surface area contributed by atoms with Gasteiger partial charge in [0.1, 0.15) is 5.82 Å². The van der Waals surface area contributed by atoms with Gasteiger partial charge in [0, 0.05) is 18.1 Å². The van der Waals surface area contributed by atoms with Crippen molar-refractivity contribution in [2.75, 3.05) is 5.73 Å². The van der Waals surface area contributed by atoms with Gasteiger partial charge < -0.3 is 10.7 Å². The first-order chi connectivity index (χ1) is 17.1. The van der Waals surface area contributed by atoms with Crippen molar-refractivity contribution in [3.63, 3.8) is 0 Å². The van der Waals surface area contributed by atoms with E-state index in [1.54, 1.807) is 24.5 Å². The van der Waals surface area contributed by atoms with Crippen molar-refractivity contribution in [2.24, 2.45) is 5.92 Å². The standard InChI is InChI=1S/C30H27FN4/c31-30(33)25-19-24(14-15-26(25)32)29(28(22-7-4-8-22)21-5-2-1-3-6-21)23-12-9-20(10-13-23)11-16-27-34-17-18-35-27/h1-3,5-6,9-19,22,33H,4,7-8,32H2,(H,34,35)/b16-11+,29-28-,33-30?. The zero-order chi connectivity index (χ0) is 24.2. The van der Waals surface area contributed by atoms with Crippen LogP contribution in [0.5, 0.6) is 0 Å². The Morgan fingerprint density at radius 1 is 0.943 bits per heavy atom. The van der Waals surface area contributed by atoms with Crippen LogP contribution in [-0.2, 0) is 0 Å². The van der Waals surface area contributed by atoms with Gasteiger partial charge in [-0.1, -0.05) is 73.2 Å². The zero-order valence-electron chi connectivity index (χ0n) is 19.3. The summed E-state index contributed by atoms with van der Waals surface area (Å²) >= 11 is 0. The number of H-pyrrole nitrogens is 1. The molecule has 5 heteroatoms. The molecule has 1 saturated carbocycles. The summed E-state index contributed by atoms with van der Waals surface area (Å²) in [7, 11) is 0. The van der Waals surface area contributed by atoms with E-state index in [4.69, 9.17) is 11.1 Å². The zero-order valence-corrected chi connectivity index (χ0v) is 19.3. The SMILES string of the molecule is N=C(F)c1cc(/C(=C(/c2ccccc2)C2CCC2)c2ccc(/C=C/c3ncc[nH]3)cc2)ccc1N. The predicted octanol–water partition coefficient (Wildman–Crippen LogP) is 7.22. The molecule has 5 rings (SSSR count). The van der Waals surface area contributed by atoms with Crippen molar-refractivity contribution in [1.82, 2.24) is 9.97 Å². The highest BCUT2D eigenvalue weighted by atomic mass is 19.1. The fourth-order valence-corrected chi connectivity index (χ4v) is 4.58. The van der Waals surface area contributed by atoms with Gasteiger partial charge in [0.05, 0.1) is 5.56 Å². The Balaban J connectivity index is 1.66. The van der Waals surface area contributed by atoms with E-state index in [1.807, 2.05) is 24.3 Å². The Labute approximate surface area is 204 Å². The Morgan fingerprint density at radius 3 is 2.31 bits per heavy atom. The summed E-state index contributed by atoms with van der Waals surface area (Å²) in [4.78, 5) is 7.30. The molecule has 1 heterocycles. The number of allylic oxidation sites excluding steroid dienone is 1. The van der Waals surface area contributed by atoms with Crippen molar-refractivity contribution in [1.29, 1.82) is 5.41 Å². The van der Waals surface area contributed by atoms with Gasteiger partial charge in [0.2, 0.25) is 5.97 Å². The highest BCUT2D eigenvalue weighted by Gasteiger charge is 2.27. The molecule has 35 heavy (non-hydrogen) atoms. The van der Waals surface area contributed by atoms with Gasteiger partial charge in [0.15, 0.2) is 0 Å². The van der Waals surface area contributed by atoms with E-state index >= 15 is 0 Å². The second-order valence-electron chi connectivity index (χ2n) is 8.83. The molecule has 4 aromatic rings. The number of hydrogen-bond donors (Lipinski definition) is 3. The molecule has 0 amide bonds. The second-order valence-corrected chi connectivity index (χ2v) is 8.83. The average molecular weight is 463 g/mol. The maximum absolute atomic E-state index is 14.0. The molecule has 3 aromatic carbocycles. The fraction of sp³-hybridized carbons (Fsp3) is 0.133. The molecule has 1 fully saturated rings. The molecule has 0 spiro atoms. The van der Waals surface area contributed by atoms with E-state index in [0.29, 0.717) is 5.92 Å². The lowest BCUT2D eigenvalue weighted by atomic mass is 9.73. The third-order valence-corrected chi connectivity index (χ3v) is 6.60. The molecule has 1 aliphatic rings. The number of rotatable bonds is 7. The number of nitrogens with one attached hydrogen (secondary N) is 2. The van der Waals surface area contributed by atoms with Gasteiger partial charge >= 0.3 is 0 Å². The number of halogens is 1. The topological polar surface area (TPSA) is 78.5 Å². The van der Waals surface area contributed by atoms with E-state index in [1.165, 1.54) is 17.6 Å². The summed E-state index contributed by atoms with van der Waals surface area (Å²) in [6, 6.07) is 24.1. The van der Waals surface area contributed by atoms with Crippen LogP contribution < -0.4 is 5.73 Å². The molecule has 1 aromatic heterocycles. The van der Waals surface area contributed by atoms with Gasteiger partial charge in [-0.2, -0.15) is 4.39 Å².